The molecule has 0 radical (unpaired) electrons. The number of rotatable bonds is 2. The zero-order chi connectivity index (χ0) is 10.9. The van der Waals surface area contributed by atoms with Gasteiger partial charge in [-0.25, -0.2) is 13.2 Å². The lowest BCUT2D eigenvalue weighted by Gasteiger charge is -2.05. The summed E-state index contributed by atoms with van der Waals surface area (Å²) in [6.45, 7) is 0. The molecular weight excluding hydrogens is 333 g/mol. The van der Waals surface area contributed by atoms with E-state index < -0.39 is 28.7 Å². The van der Waals surface area contributed by atoms with Gasteiger partial charge >= 0.3 is 0 Å². The fourth-order valence-electron chi connectivity index (χ4n) is 0.832. The fraction of sp³-hybridized carbons (Fsp3) is 0.143. The third-order valence-electron chi connectivity index (χ3n) is 1.41. The number of carbonyl (C=O) groups excluding carboxylic acids is 1. The van der Waals surface area contributed by atoms with E-state index in [1.807, 2.05) is 0 Å². The maximum atomic E-state index is 13.2. The zero-order valence-corrected chi connectivity index (χ0v) is 9.31. The van der Waals surface area contributed by atoms with E-state index >= 15 is 0 Å². The maximum Gasteiger partial charge on any atom is 0.281 e. The molecule has 0 unspecified atom stereocenters. The monoisotopic (exact) mass is 335 g/mol. The third-order valence-corrected chi connectivity index (χ3v) is 2.35. The van der Waals surface area contributed by atoms with Gasteiger partial charge in [-0.15, -0.1) is 0 Å². The van der Waals surface area contributed by atoms with Crippen LogP contribution in [0, 0.1) is 9.39 Å². The van der Waals surface area contributed by atoms with Crippen molar-refractivity contribution in [3.05, 3.63) is 26.8 Å². The molecule has 0 bridgehead atoms. The van der Waals surface area contributed by atoms with E-state index in [2.05, 4.69) is 4.98 Å². The van der Waals surface area contributed by atoms with Crippen molar-refractivity contribution in [2.45, 2.75) is 6.43 Å². The van der Waals surface area contributed by atoms with Crippen LogP contribution in [0.3, 0.4) is 0 Å². The van der Waals surface area contributed by atoms with Gasteiger partial charge < -0.3 is 0 Å². The summed E-state index contributed by atoms with van der Waals surface area (Å²) < 4.78 is 37.7. The van der Waals surface area contributed by atoms with E-state index in [9.17, 15) is 18.0 Å². The third kappa shape index (κ3) is 2.17. The van der Waals surface area contributed by atoms with E-state index in [1.165, 1.54) is 22.6 Å². The Hall–Kier alpha value is -0.370. The normalized spacial score (nSPS) is 10.7. The largest absolute Gasteiger partial charge is 0.281 e. The average molecular weight is 335 g/mol. The van der Waals surface area contributed by atoms with Gasteiger partial charge in [0.25, 0.3) is 11.7 Å². The molecule has 0 amide bonds. The number of aromatic nitrogens is 1. The minimum Gasteiger partial charge on any atom is -0.275 e. The molecule has 0 saturated heterocycles. The van der Waals surface area contributed by atoms with Gasteiger partial charge in [-0.05, 0) is 34.2 Å². The second-order valence-corrected chi connectivity index (χ2v) is 3.76. The second kappa shape index (κ2) is 4.43. The predicted octanol–water partition coefficient (Wildman–Crippen LogP) is 3.14. The Kier molecular flexibility index (Phi) is 3.71. The molecule has 0 N–H and O–H groups in total. The number of pyridine rings is 1. The number of halogens is 5. The van der Waals surface area contributed by atoms with Gasteiger partial charge in [0, 0.05) is 6.20 Å². The van der Waals surface area contributed by atoms with Crippen molar-refractivity contribution in [2.24, 2.45) is 0 Å². The fourth-order valence-corrected chi connectivity index (χ4v) is 1.42. The highest BCUT2D eigenvalue weighted by atomic mass is 127. The molecule has 0 spiro atoms. The molecule has 14 heavy (non-hydrogen) atoms. The SMILES string of the molecule is O=C(Cl)c1c(C(F)F)ncc(I)c1F. The van der Waals surface area contributed by atoms with Gasteiger partial charge in [0.2, 0.25) is 0 Å². The van der Waals surface area contributed by atoms with Crippen molar-refractivity contribution in [3.8, 4) is 0 Å². The Morgan fingerprint density at radius 2 is 2.14 bits per heavy atom. The van der Waals surface area contributed by atoms with Gasteiger partial charge in [-0.2, -0.15) is 0 Å². The summed E-state index contributed by atoms with van der Waals surface area (Å²) in [6.07, 6.45) is -2.11. The van der Waals surface area contributed by atoms with Gasteiger partial charge in [0.15, 0.2) is 5.82 Å². The van der Waals surface area contributed by atoms with E-state index in [4.69, 9.17) is 11.6 Å². The minimum atomic E-state index is -3.03. The van der Waals surface area contributed by atoms with E-state index in [0.717, 1.165) is 6.20 Å². The lowest BCUT2D eigenvalue weighted by molar-refractivity contribution is 0.105. The maximum absolute atomic E-state index is 13.2. The summed E-state index contributed by atoms with van der Waals surface area (Å²) in [5.41, 5.74) is -1.78. The number of carbonyl (C=O) groups is 1. The van der Waals surface area contributed by atoms with Crippen LogP contribution in [0.2, 0.25) is 0 Å². The van der Waals surface area contributed by atoms with E-state index in [-0.39, 0.29) is 3.57 Å². The van der Waals surface area contributed by atoms with Crippen LogP contribution in [0.15, 0.2) is 6.20 Å². The molecule has 1 rings (SSSR count). The lowest BCUT2D eigenvalue weighted by atomic mass is 10.2. The molecule has 2 nitrogen and oxygen atoms in total. The Labute approximate surface area is 95.6 Å². The summed E-state index contributed by atoms with van der Waals surface area (Å²) in [5, 5.41) is -1.27. The lowest BCUT2D eigenvalue weighted by Crippen LogP contribution is -2.06. The number of alkyl halides is 2. The zero-order valence-electron chi connectivity index (χ0n) is 6.40. The molecule has 1 aromatic rings. The Morgan fingerprint density at radius 1 is 1.57 bits per heavy atom. The second-order valence-electron chi connectivity index (χ2n) is 2.25. The molecule has 1 aromatic heterocycles. The van der Waals surface area contributed by atoms with Crippen LogP contribution in [-0.2, 0) is 0 Å². The smallest absolute Gasteiger partial charge is 0.275 e. The molecule has 76 valence electrons. The predicted molar refractivity (Wildman–Crippen MR) is 52.1 cm³/mol. The molecule has 0 atom stereocenters. The molecule has 0 aromatic carbocycles. The topological polar surface area (TPSA) is 30.0 Å². The minimum absolute atomic E-state index is 0.0315. The molecule has 0 fully saturated rings. The van der Waals surface area contributed by atoms with Crippen molar-refractivity contribution in [1.29, 1.82) is 0 Å². The van der Waals surface area contributed by atoms with Crippen LogP contribution in [0.1, 0.15) is 22.5 Å². The first-order valence-electron chi connectivity index (χ1n) is 3.27. The first kappa shape index (κ1) is 11.7. The summed E-state index contributed by atoms with van der Waals surface area (Å²) in [5.74, 6) is -1.06. The summed E-state index contributed by atoms with van der Waals surface area (Å²) in [6, 6.07) is 0. The van der Waals surface area contributed by atoms with Crippen LogP contribution in [0.4, 0.5) is 13.2 Å². The molecule has 0 aliphatic rings. The Bertz CT molecular complexity index is 385. The van der Waals surface area contributed by atoms with Crippen LogP contribution >= 0.6 is 34.2 Å². The van der Waals surface area contributed by atoms with Crippen molar-refractivity contribution < 1.29 is 18.0 Å². The van der Waals surface area contributed by atoms with Gasteiger partial charge in [0.05, 0.1) is 9.13 Å². The molecule has 0 aliphatic heterocycles. The van der Waals surface area contributed by atoms with Gasteiger partial charge in [0.1, 0.15) is 5.69 Å². The van der Waals surface area contributed by atoms with E-state index in [1.54, 1.807) is 0 Å². The summed E-state index contributed by atoms with van der Waals surface area (Å²) >= 11 is 6.50. The number of hydrogen-bond acceptors (Lipinski definition) is 2. The van der Waals surface area contributed by atoms with Gasteiger partial charge in [-0.3, -0.25) is 9.78 Å². The van der Waals surface area contributed by atoms with Crippen molar-refractivity contribution in [1.82, 2.24) is 4.98 Å². The highest BCUT2D eigenvalue weighted by molar-refractivity contribution is 14.1. The van der Waals surface area contributed by atoms with Crippen LogP contribution < -0.4 is 0 Å². The van der Waals surface area contributed by atoms with Crippen molar-refractivity contribution >= 4 is 39.4 Å². The first-order chi connectivity index (χ1) is 6.45. The summed E-state index contributed by atoms with van der Waals surface area (Å²) in [7, 11) is 0. The molecule has 1 heterocycles. The Morgan fingerprint density at radius 3 is 2.57 bits per heavy atom. The van der Waals surface area contributed by atoms with Gasteiger partial charge in [-0.1, -0.05) is 0 Å². The van der Waals surface area contributed by atoms with Crippen molar-refractivity contribution in [2.75, 3.05) is 0 Å². The van der Waals surface area contributed by atoms with Crippen LogP contribution in [0.5, 0.6) is 0 Å². The van der Waals surface area contributed by atoms with Crippen LogP contribution in [-0.4, -0.2) is 10.2 Å². The molecule has 0 aliphatic carbocycles. The van der Waals surface area contributed by atoms with E-state index in [0.29, 0.717) is 0 Å². The van der Waals surface area contributed by atoms with Crippen LogP contribution in [0.25, 0.3) is 0 Å². The van der Waals surface area contributed by atoms with Crippen molar-refractivity contribution in [3.63, 3.8) is 0 Å². The summed E-state index contributed by atoms with van der Waals surface area (Å²) in [4.78, 5) is 13.9. The number of nitrogens with zero attached hydrogens (tertiary/aromatic N) is 1. The molecular formula is C7H2ClF3INO. The molecule has 7 heteroatoms. The molecule has 0 saturated carbocycles. The number of hydrogen-bond donors (Lipinski definition) is 0. The Balaban J connectivity index is 3.45. The quantitative estimate of drug-likeness (QED) is 0.614. The first-order valence-corrected chi connectivity index (χ1v) is 4.72. The highest BCUT2D eigenvalue weighted by Gasteiger charge is 2.24. The highest BCUT2D eigenvalue weighted by Crippen LogP contribution is 2.26. The average Bonchev–Trinajstić information content (AvgIpc) is 2.08. The standard InChI is InChI=1S/C7H2ClF3INO/c8-6(14)3-4(9)2(12)1-13-5(3)7(10)11/h1,7H.